The molecule has 2 aromatic carbocycles. The summed E-state index contributed by atoms with van der Waals surface area (Å²) in [6.07, 6.45) is -3.93. The zero-order valence-corrected chi connectivity index (χ0v) is 18.4. The molecule has 0 aliphatic carbocycles. The largest absolute Gasteiger partial charge is 0.493 e. The highest BCUT2D eigenvalue weighted by atomic mass is 19.4. The standard InChI is InChI=1S/C24H28F3NO4/c1-23(2,3)22(29)32-21-17(11-12-28-21)15-31-20-9-7-19(8-10-20)30-14-16-5-4-6-18(13-16)24(25,26)27/h4-10,13,17,21,28H,11-12,14-15H2,1-3H3/t17-,21?/m1/s1. The summed E-state index contributed by atoms with van der Waals surface area (Å²) in [6.45, 7) is 6.60. The van der Waals surface area contributed by atoms with Gasteiger partial charge < -0.3 is 14.2 Å². The van der Waals surface area contributed by atoms with Crippen LogP contribution in [0.15, 0.2) is 48.5 Å². The monoisotopic (exact) mass is 451 g/mol. The molecule has 32 heavy (non-hydrogen) atoms. The van der Waals surface area contributed by atoms with Gasteiger partial charge in [0.2, 0.25) is 0 Å². The Hall–Kier alpha value is -2.74. The van der Waals surface area contributed by atoms with E-state index in [1.54, 1.807) is 30.3 Å². The van der Waals surface area contributed by atoms with Crippen LogP contribution < -0.4 is 14.8 Å². The smallest absolute Gasteiger partial charge is 0.416 e. The van der Waals surface area contributed by atoms with E-state index in [1.165, 1.54) is 6.07 Å². The van der Waals surface area contributed by atoms with Gasteiger partial charge in [0, 0.05) is 5.92 Å². The molecule has 0 bridgehead atoms. The second-order valence-electron chi connectivity index (χ2n) is 8.85. The van der Waals surface area contributed by atoms with Gasteiger partial charge in [-0.1, -0.05) is 12.1 Å². The fraction of sp³-hybridized carbons (Fsp3) is 0.458. The molecule has 0 spiro atoms. The van der Waals surface area contributed by atoms with E-state index in [1.807, 2.05) is 20.8 Å². The molecule has 5 nitrogen and oxygen atoms in total. The number of alkyl halides is 3. The lowest BCUT2D eigenvalue weighted by Gasteiger charge is -2.24. The van der Waals surface area contributed by atoms with Crippen LogP contribution in [0.2, 0.25) is 0 Å². The van der Waals surface area contributed by atoms with E-state index >= 15 is 0 Å². The molecule has 0 saturated carbocycles. The van der Waals surface area contributed by atoms with Gasteiger partial charge in [-0.15, -0.1) is 0 Å². The van der Waals surface area contributed by atoms with Crippen molar-refractivity contribution < 1.29 is 32.2 Å². The number of hydrogen-bond acceptors (Lipinski definition) is 5. The molecule has 8 heteroatoms. The SMILES string of the molecule is CC(C)(C)C(=O)OC1NCC[C@@H]1COc1ccc(OCc2cccc(C(F)(F)F)c2)cc1. The molecule has 174 valence electrons. The molecule has 1 heterocycles. The Bertz CT molecular complexity index is 907. The average molecular weight is 451 g/mol. The molecule has 1 unspecified atom stereocenters. The number of rotatable bonds is 7. The summed E-state index contributed by atoms with van der Waals surface area (Å²) in [6, 6.07) is 11.9. The fourth-order valence-corrected chi connectivity index (χ4v) is 3.17. The lowest BCUT2D eigenvalue weighted by atomic mass is 9.97. The molecule has 0 amide bonds. The van der Waals surface area contributed by atoms with Crippen LogP contribution >= 0.6 is 0 Å². The molecule has 1 saturated heterocycles. The third-order valence-corrected chi connectivity index (χ3v) is 5.08. The lowest BCUT2D eigenvalue weighted by Crippen LogP contribution is -2.38. The number of nitrogens with one attached hydrogen (secondary N) is 1. The van der Waals surface area contributed by atoms with Gasteiger partial charge in [-0.25, -0.2) is 0 Å². The normalized spacial score (nSPS) is 18.9. The number of hydrogen-bond donors (Lipinski definition) is 1. The van der Waals surface area contributed by atoms with Crippen LogP contribution in [-0.2, 0) is 22.3 Å². The lowest BCUT2D eigenvalue weighted by molar-refractivity contribution is -0.162. The molecule has 0 radical (unpaired) electrons. The number of benzene rings is 2. The zero-order valence-electron chi connectivity index (χ0n) is 18.4. The maximum atomic E-state index is 12.8. The third-order valence-electron chi connectivity index (χ3n) is 5.08. The third kappa shape index (κ3) is 6.63. The van der Waals surface area contributed by atoms with E-state index in [0.29, 0.717) is 23.7 Å². The maximum Gasteiger partial charge on any atom is 0.416 e. The Kier molecular flexibility index (Phi) is 7.33. The summed E-state index contributed by atoms with van der Waals surface area (Å²) in [4.78, 5) is 12.1. The average Bonchev–Trinajstić information content (AvgIpc) is 3.17. The predicted octanol–water partition coefficient (Wildman–Crippen LogP) is 5.19. The zero-order chi connectivity index (χ0) is 23.4. The van der Waals surface area contributed by atoms with Gasteiger partial charge in [0.1, 0.15) is 18.1 Å². The Labute approximate surface area is 185 Å². The summed E-state index contributed by atoms with van der Waals surface area (Å²) in [5.41, 5.74) is -0.834. The van der Waals surface area contributed by atoms with Crippen molar-refractivity contribution >= 4 is 5.97 Å². The molecule has 3 rings (SSSR count). The molecule has 2 aromatic rings. The molecule has 1 N–H and O–H groups in total. The molecule has 1 fully saturated rings. The first-order valence-electron chi connectivity index (χ1n) is 10.5. The Morgan fingerprint density at radius 1 is 1.03 bits per heavy atom. The van der Waals surface area contributed by atoms with E-state index in [0.717, 1.165) is 25.1 Å². The highest BCUT2D eigenvalue weighted by molar-refractivity contribution is 5.75. The topological polar surface area (TPSA) is 56.8 Å². The van der Waals surface area contributed by atoms with Crippen LogP contribution in [0.1, 0.15) is 38.3 Å². The van der Waals surface area contributed by atoms with Crippen molar-refractivity contribution in [1.29, 1.82) is 0 Å². The van der Waals surface area contributed by atoms with Crippen LogP contribution in [0.25, 0.3) is 0 Å². The van der Waals surface area contributed by atoms with Crippen molar-refractivity contribution in [3.05, 3.63) is 59.7 Å². The summed E-state index contributed by atoms with van der Waals surface area (Å²) in [7, 11) is 0. The minimum atomic E-state index is -4.38. The Morgan fingerprint density at radius 2 is 1.69 bits per heavy atom. The number of esters is 1. The highest BCUT2D eigenvalue weighted by Crippen LogP contribution is 2.30. The van der Waals surface area contributed by atoms with Gasteiger partial charge in [-0.05, 0) is 75.7 Å². The first kappa shape index (κ1) is 23.9. The molecule has 0 aromatic heterocycles. The molecular formula is C24H28F3NO4. The second kappa shape index (κ2) is 9.81. The van der Waals surface area contributed by atoms with E-state index in [4.69, 9.17) is 14.2 Å². The van der Waals surface area contributed by atoms with Gasteiger partial charge in [0.15, 0.2) is 6.23 Å². The van der Waals surface area contributed by atoms with E-state index in [2.05, 4.69) is 5.32 Å². The number of carbonyl (C=O) groups is 1. The quantitative estimate of drug-likeness (QED) is 0.588. The number of carbonyl (C=O) groups excluding carboxylic acids is 1. The van der Waals surface area contributed by atoms with Crippen LogP contribution in [-0.4, -0.2) is 25.3 Å². The number of halogens is 3. The van der Waals surface area contributed by atoms with Crippen molar-refractivity contribution in [3.63, 3.8) is 0 Å². The van der Waals surface area contributed by atoms with Crippen molar-refractivity contribution in [2.75, 3.05) is 13.2 Å². The summed E-state index contributed by atoms with van der Waals surface area (Å²) in [5, 5.41) is 3.19. The van der Waals surface area contributed by atoms with Crippen molar-refractivity contribution in [2.45, 2.75) is 46.2 Å². The summed E-state index contributed by atoms with van der Waals surface area (Å²) in [5.74, 6) is 0.931. The Balaban J connectivity index is 1.49. The van der Waals surface area contributed by atoms with Crippen LogP contribution in [0, 0.1) is 11.3 Å². The van der Waals surface area contributed by atoms with Crippen LogP contribution in [0.3, 0.4) is 0 Å². The molecule has 2 atom stereocenters. The van der Waals surface area contributed by atoms with Crippen molar-refractivity contribution in [2.24, 2.45) is 11.3 Å². The fourth-order valence-electron chi connectivity index (χ4n) is 3.17. The van der Waals surface area contributed by atoms with Crippen molar-refractivity contribution in [3.8, 4) is 11.5 Å². The van der Waals surface area contributed by atoms with Gasteiger partial charge in [-0.3, -0.25) is 10.1 Å². The van der Waals surface area contributed by atoms with Gasteiger partial charge in [-0.2, -0.15) is 13.2 Å². The first-order chi connectivity index (χ1) is 15.0. The summed E-state index contributed by atoms with van der Waals surface area (Å²) >= 11 is 0. The van der Waals surface area contributed by atoms with E-state index < -0.39 is 17.2 Å². The van der Waals surface area contributed by atoms with Crippen molar-refractivity contribution in [1.82, 2.24) is 5.32 Å². The summed E-state index contributed by atoms with van der Waals surface area (Å²) < 4.78 is 55.5. The van der Waals surface area contributed by atoms with Gasteiger partial charge in [0.05, 0.1) is 17.6 Å². The van der Waals surface area contributed by atoms with Gasteiger partial charge in [0.25, 0.3) is 0 Å². The van der Waals surface area contributed by atoms with Gasteiger partial charge >= 0.3 is 12.1 Å². The van der Waals surface area contributed by atoms with E-state index in [9.17, 15) is 18.0 Å². The first-order valence-corrected chi connectivity index (χ1v) is 10.5. The molecule has 1 aliphatic rings. The minimum Gasteiger partial charge on any atom is -0.493 e. The minimum absolute atomic E-state index is 0.0265. The molecule has 1 aliphatic heterocycles. The maximum absolute atomic E-state index is 12.8. The van der Waals surface area contributed by atoms with E-state index in [-0.39, 0.29) is 24.7 Å². The van der Waals surface area contributed by atoms with Crippen LogP contribution in [0.4, 0.5) is 13.2 Å². The van der Waals surface area contributed by atoms with Crippen LogP contribution in [0.5, 0.6) is 11.5 Å². The predicted molar refractivity (Wildman–Crippen MR) is 113 cm³/mol. The Morgan fingerprint density at radius 3 is 2.31 bits per heavy atom. The second-order valence-corrected chi connectivity index (χ2v) is 8.85. The molecular weight excluding hydrogens is 423 g/mol. The highest BCUT2D eigenvalue weighted by Gasteiger charge is 2.34. The number of ether oxygens (including phenoxy) is 3.